The number of rotatable bonds is 4. The van der Waals surface area contributed by atoms with Crippen molar-refractivity contribution in [2.45, 2.75) is 6.92 Å². The maximum absolute atomic E-state index is 11.5. The number of nitrogens with one attached hydrogen (secondary N) is 1. The first-order valence-corrected chi connectivity index (χ1v) is 5.46. The number of esters is 1. The van der Waals surface area contributed by atoms with Gasteiger partial charge in [0.25, 0.3) is 5.56 Å². The Hall–Kier alpha value is -1.37. The molecule has 1 N–H and O–H groups in total. The lowest BCUT2D eigenvalue weighted by atomic mass is 10.4. The zero-order valence-electron chi connectivity index (χ0n) is 8.99. The molecular formula is C9H12BrN3O3. The van der Waals surface area contributed by atoms with E-state index in [0.29, 0.717) is 16.8 Å². The van der Waals surface area contributed by atoms with Crippen molar-refractivity contribution in [1.82, 2.24) is 9.78 Å². The van der Waals surface area contributed by atoms with E-state index in [1.807, 2.05) is 0 Å². The van der Waals surface area contributed by atoms with Crippen LogP contribution in [-0.4, -0.2) is 28.9 Å². The molecule has 88 valence electrons. The fourth-order valence-electron chi connectivity index (χ4n) is 1.01. The lowest BCUT2D eigenvalue weighted by molar-refractivity contribution is -0.140. The monoisotopic (exact) mass is 289 g/mol. The van der Waals surface area contributed by atoms with Crippen LogP contribution in [0.4, 0.5) is 5.69 Å². The fraction of sp³-hybridized carbons (Fsp3) is 0.444. The van der Waals surface area contributed by atoms with Crippen molar-refractivity contribution < 1.29 is 9.53 Å². The molecule has 0 saturated heterocycles. The minimum Gasteiger partial charge on any atom is -0.465 e. The van der Waals surface area contributed by atoms with Gasteiger partial charge in [0.05, 0.1) is 18.5 Å². The normalized spacial score (nSPS) is 9.94. The van der Waals surface area contributed by atoms with Gasteiger partial charge in [0.1, 0.15) is 11.0 Å². The highest BCUT2D eigenvalue weighted by Crippen LogP contribution is 2.15. The van der Waals surface area contributed by atoms with Crippen LogP contribution in [0.15, 0.2) is 15.5 Å². The van der Waals surface area contributed by atoms with Crippen LogP contribution in [-0.2, 0) is 16.6 Å². The molecule has 0 fully saturated rings. The average molecular weight is 290 g/mol. The van der Waals surface area contributed by atoms with Gasteiger partial charge in [-0.1, -0.05) is 0 Å². The number of aromatic nitrogens is 2. The van der Waals surface area contributed by atoms with Gasteiger partial charge in [-0.3, -0.25) is 9.59 Å². The summed E-state index contributed by atoms with van der Waals surface area (Å²) in [6, 6.07) is 0. The van der Waals surface area contributed by atoms with Crippen LogP contribution >= 0.6 is 15.9 Å². The van der Waals surface area contributed by atoms with Gasteiger partial charge < -0.3 is 10.1 Å². The molecule has 0 aliphatic rings. The van der Waals surface area contributed by atoms with E-state index < -0.39 is 0 Å². The quantitative estimate of drug-likeness (QED) is 0.818. The Morgan fingerprint density at radius 3 is 3.00 bits per heavy atom. The van der Waals surface area contributed by atoms with Crippen LogP contribution in [0.3, 0.4) is 0 Å². The molecule has 0 atom stereocenters. The summed E-state index contributed by atoms with van der Waals surface area (Å²) < 4.78 is 6.27. The molecule has 0 aromatic carbocycles. The van der Waals surface area contributed by atoms with Crippen molar-refractivity contribution in [3.63, 3.8) is 0 Å². The second-order valence-corrected chi connectivity index (χ2v) is 3.75. The first kappa shape index (κ1) is 12.7. The predicted molar refractivity (Wildman–Crippen MR) is 62.3 cm³/mol. The second-order valence-electron chi connectivity index (χ2n) is 2.96. The number of carbonyl (C=O) groups excluding carboxylic acids is 1. The summed E-state index contributed by atoms with van der Waals surface area (Å²) in [5, 5.41) is 6.59. The molecule has 0 amide bonds. The third kappa shape index (κ3) is 3.06. The van der Waals surface area contributed by atoms with Crippen LogP contribution in [0, 0.1) is 0 Å². The Labute approximate surface area is 101 Å². The van der Waals surface area contributed by atoms with E-state index in [2.05, 4.69) is 26.3 Å². The van der Waals surface area contributed by atoms with Crippen LogP contribution < -0.4 is 10.9 Å². The van der Waals surface area contributed by atoms with E-state index in [0.717, 1.165) is 0 Å². The van der Waals surface area contributed by atoms with E-state index in [-0.39, 0.29) is 18.1 Å². The van der Waals surface area contributed by atoms with Gasteiger partial charge in [0.2, 0.25) is 0 Å². The Kier molecular flexibility index (Phi) is 4.48. The highest BCUT2D eigenvalue weighted by molar-refractivity contribution is 9.10. The molecular weight excluding hydrogens is 278 g/mol. The van der Waals surface area contributed by atoms with Crippen molar-refractivity contribution in [3.05, 3.63) is 21.0 Å². The lowest BCUT2D eigenvalue weighted by Crippen LogP contribution is -2.23. The van der Waals surface area contributed by atoms with Crippen molar-refractivity contribution in [2.24, 2.45) is 7.05 Å². The third-order valence-corrected chi connectivity index (χ3v) is 2.57. The molecule has 0 unspecified atom stereocenters. The lowest BCUT2D eigenvalue weighted by Gasteiger charge is -2.07. The number of aryl methyl sites for hydroxylation is 1. The van der Waals surface area contributed by atoms with Gasteiger partial charge in [-0.15, -0.1) is 0 Å². The molecule has 1 rings (SSSR count). The van der Waals surface area contributed by atoms with Crippen LogP contribution in [0.25, 0.3) is 0 Å². The Balaban J connectivity index is 2.72. The maximum atomic E-state index is 11.5. The fourth-order valence-corrected chi connectivity index (χ4v) is 1.51. The van der Waals surface area contributed by atoms with E-state index >= 15 is 0 Å². The SMILES string of the molecule is CCOC(=O)CNc1cnn(C)c(=O)c1Br. The minimum atomic E-state index is -0.380. The molecule has 1 heterocycles. The standard InChI is InChI=1S/C9H12BrN3O3/c1-3-16-7(14)5-11-6-4-12-13(2)9(15)8(6)10/h4,11H,3,5H2,1-2H3. The number of carbonyl (C=O) groups is 1. The highest BCUT2D eigenvalue weighted by atomic mass is 79.9. The molecule has 0 bridgehead atoms. The number of anilines is 1. The van der Waals surface area contributed by atoms with Crippen LogP contribution in [0.2, 0.25) is 0 Å². The Morgan fingerprint density at radius 1 is 1.69 bits per heavy atom. The van der Waals surface area contributed by atoms with Crippen molar-refractivity contribution in [3.8, 4) is 0 Å². The average Bonchev–Trinajstić information content (AvgIpc) is 2.25. The van der Waals surface area contributed by atoms with E-state index in [4.69, 9.17) is 4.74 Å². The van der Waals surface area contributed by atoms with Gasteiger partial charge in [0, 0.05) is 7.05 Å². The molecule has 0 spiro atoms. The largest absolute Gasteiger partial charge is 0.465 e. The summed E-state index contributed by atoms with van der Waals surface area (Å²) in [6.07, 6.45) is 1.46. The Morgan fingerprint density at radius 2 is 2.38 bits per heavy atom. The number of halogens is 1. The summed E-state index contributed by atoms with van der Waals surface area (Å²) in [4.78, 5) is 22.5. The zero-order chi connectivity index (χ0) is 12.1. The summed E-state index contributed by atoms with van der Waals surface area (Å²) >= 11 is 3.13. The van der Waals surface area contributed by atoms with Crippen LogP contribution in [0.1, 0.15) is 6.92 Å². The van der Waals surface area contributed by atoms with Crippen molar-refractivity contribution in [1.29, 1.82) is 0 Å². The number of nitrogens with zero attached hydrogens (tertiary/aromatic N) is 2. The topological polar surface area (TPSA) is 73.2 Å². The van der Waals surface area contributed by atoms with Gasteiger partial charge in [-0.25, -0.2) is 4.68 Å². The minimum absolute atomic E-state index is 0.00128. The van der Waals surface area contributed by atoms with Gasteiger partial charge in [-0.2, -0.15) is 5.10 Å². The molecule has 1 aromatic heterocycles. The number of ether oxygens (including phenoxy) is 1. The summed E-state index contributed by atoms with van der Waals surface area (Å²) in [5.41, 5.74) is 0.199. The molecule has 0 aliphatic carbocycles. The predicted octanol–water partition coefficient (Wildman–Crippen LogP) is 0.518. The van der Waals surface area contributed by atoms with Crippen molar-refractivity contribution >= 4 is 27.6 Å². The van der Waals surface area contributed by atoms with E-state index in [1.165, 1.54) is 10.9 Å². The first-order valence-electron chi connectivity index (χ1n) is 4.67. The summed E-state index contributed by atoms with van der Waals surface area (Å²) in [5.74, 6) is -0.380. The molecule has 16 heavy (non-hydrogen) atoms. The highest BCUT2D eigenvalue weighted by Gasteiger charge is 2.08. The van der Waals surface area contributed by atoms with Gasteiger partial charge >= 0.3 is 5.97 Å². The van der Waals surface area contributed by atoms with E-state index in [1.54, 1.807) is 14.0 Å². The number of hydrogen-bond acceptors (Lipinski definition) is 5. The first-order chi connectivity index (χ1) is 7.56. The second kappa shape index (κ2) is 5.64. The number of hydrogen-bond donors (Lipinski definition) is 1. The van der Waals surface area contributed by atoms with Gasteiger partial charge in [-0.05, 0) is 22.9 Å². The molecule has 0 saturated carbocycles. The Bertz CT molecular complexity index is 444. The molecule has 0 aliphatic heterocycles. The maximum Gasteiger partial charge on any atom is 0.325 e. The molecule has 0 radical (unpaired) electrons. The van der Waals surface area contributed by atoms with Crippen LogP contribution in [0.5, 0.6) is 0 Å². The molecule has 1 aromatic rings. The van der Waals surface area contributed by atoms with Gasteiger partial charge in [0.15, 0.2) is 0 Å². The third-order valence-electron chi connectivity index (χ3n) is 1.81. The van der Waals surface area contributed by atoms with Crippen molar-refractivity contribution in [2.75, 3.05) is 18.5 Å². The smallest absolute Gasteiger partial charge is 0.325 e. The summed E-state index contributed by atoms with van der Waals surface area (Å²) in [6.45, 7) is 2.06. The van der Waals surface area contributed by atoms with E-state index in [9.17, 15) is 9.59 Å². The molecule has 6 nitrogen and oxygen atoms in total. The molecule has 7 heteroatoms. The summed E-state index contributed by atoms with van der Waals surface area (Å²) in [7, 11) is 1.54. The zero-order valence-corrected chi connectivity index (χ0v) is 10.6.